The van der Waals surface area contributed by atoms with Gasteiger partial charge in [-0.1, -0.05) is 30.4 Å². The molecule has 0 fully saturated rings. The zero-order valence-electron chi connectivity index (χ0n) is 17.9. The molecule has 3 aromatic rings. The van der Waals surface area contributed by atoms with Gasteiger partial charge in [0.1, 0.15) is 4.90 Å². The number of nitrogens with zero attached hydrogens (tertiary/aromatic N) is 3. The first-order valence-electron chi connectivity index (χ1n) is 10.1. The van der Waals surface area contributed by atoms with Crippen LogP contribution < -0.4 is 9.50 Å². The van der Waals surface area contributed by atoms with Gasteiger partial charge in [0.25, 0.3) is 5.19 Å². The van der Waals surface area contributed by atoms with E-state index in [1.165, 1.54) is 0 Å². The second-order valence-corrected chi connectivity index (χ2v) is 9.51. The molecule has 8 nitrogen and oxygen atoms in total. The van der Waals surface area contributed by atoms with Crippen molar-refractivity contribution in [3.63, 3.8) is 0 Å². The van der Waals surface area contributed by atoms with E-state index >= 15 is 0 Å². The lowest BCUT2D eigenvalue weighted by atomic mass is 10.1. The number of benzene rings is 1. The Labute approximate surface area is 197 Å². The van der Waals surface area contributed by atoms with Crippen LogP contribution in [-0.2, 0) is 40.0 Å². The summed E-state index contributed by atoms with van der Waals surface area (Å²) >= 11 is 7.08. The molecule has 11 heteroatoms. The molecule has 2 heterocycles. The van der Waals surface area contributed by atoms with E-state index in [2.05, 4.69) is 20.3 Å². The Bertz CT molecular complexity index is 1120. The lowest BCUT2D eigenvalue weighted by molar-refractivity contribution is 0.202. The Morgan fingerprint density at radius 3 is 2.62 bits per heavy atom. The summed E-state index contributed by atoms with van der Waals surface area (Å²) in [5, 5.41) is 4.95. The Morgan fingerprint density at radius 2 is 1.94 bits per heavy atom. The van der Waals surface area contributed by atoms with Crippen molar-refractivity contribution in [2.75, 3.05) is 25.6 Å². The van der Waals surface area contributed by atoms with Crippen LogP contribution in [0.3, 0.4) is 0 Å². The second-order valence-electron chi connectivity index (χ2n) is 6.91. The highest BCUT2D eigenvalue weighted by Crippen LogP contribution is 2.26. The van der Waals surface area contributed by atoms with Crippen molar-refractivity contribution in [3.8, 4) is 5.19 Å². The molecule has 1 aromatic carbocycles. The van der Waals surface area contributed by atoms with E-state index in [0.29, 0.717) is 43.2 Å². The quantitative estimate of drug-likeness (QED) is 0.298. The van der Waals surface area contributed by atoms with Gasteiger partial charge in [0.15, 0.2) is 0 Å². The van der Waals surface area contributed by atoms with Crippen molar-refractivity contribution < 1.29 is 17.3 Å². The third kappa shape index (κ3) is 6.61. The molecule has 3 rings (SSSR count). The zero-order valence-corrected chi connectivity index (χ0v) is 20.3. The summed E-state index contributed by atoms with van der Waals surface area (Å²) in [6.45, 7) is 3.08. The highest BCUT2D eigenvalue weighted by Gasteiger charge is 2.23. The van der Waals surface area contributed by atoms with Crippen LogP contribution in [0.25, 0.3) is 0 Å². The molecular formula is C21H25ClN4O4S2. The fourth-order valence-corrected chi connectivity index (χ4v) is 5.22. The minimum atomic E-state index is -4.07. The Morgan fingerprint density at radius 1 is 1.16 bits per heavy atom. The lowest BCUT2D eigenvalue weighted by Crippen LogP contribution is -2.13. The summed E-state index contributed by atoms with van der Waals surface area (Å²) in [4.78, 5) is 12.8. The molecule has 0 saturated heterocycles. The van der Waals surface area contributed by atoms with Gasteiger partial charge in [-0.15, -0.1) is 11.6 Å². The van der Waals surface area contributed by atoms with Crippen LogP contribution in [0.4, 0.5) is 5.95 Å². The van der Waals surface area contributed by atoms with Crippen molar-refractivity contribution in [2.45, 2.75) is 37.0 Å². The summed E-state index contributed by atoms with van der Waals surface area (Å²) in [6.07, 6.45) is 5.61. The molecule has 0 atom stereocenters. The van der Waals surface area contributed by atoms with Gasteiger partial charge in [0, 0.05) is 43.7 Å². The molecule has 1 N–H and O–H groups in total. The molecule has 32 heavy (non-hydrogen) atoms. The molecule has 0 saturated carbocycles. The summed E-state index contributed by atoms with van der Waals surface area (Å²) in [5.74, 6) is 0.594. The van der Waals surface area contributed by atoms with E-state index in [-0.39, 0.29) is 16.0 Å². The molecule has 0 bridgehead atoms. The van der Waals surface area contributed by atoms with Crippen molar-refractivity contribution in [3.05, 3.63) is 58.4 Å². The van der Waals surface area contributed by atoms with Gasteiger partial charge in [-0.2, -0.15) is 8.42 Å². The van der Waals surface area contributed by atoms with Crippen molar-refractivity contribution in [1.82, 2.24) is 15.0 Å². The van der Waals surface area contributed by atoms with Crippen LogP contribution in [0.5, 0.6) is 5.19 Å². The molecule has 0 unspecified atom stereocenters. The van der Waals surface area contributed by atoms with Crippen LogP contribution in [0.2, 0.25) is 0 Å². The van der Waals surface area contributed by atoms with Crippen LogP contribution >= 0.6 is 22.9 Å². The van der Waals surface area contributed by atoms with Crippen molar-refractivity contribution in [1.29, 1.82) is 0 Å². The predicted molar refractivity (Wildman–Crippen MR) is 125 cm³/mol. The van der Waals surface area contributed by atoms with E-state index in [1.807, 2.05) is 13.0 Å². The van der Waals surface area contributed by atoms with Crippen LogP contribution in [0.1, 0.15) is 29.3 Å². The predicted octanol–water partition coefficient (Wildman–Crippen LogP) is 3.85. The van der Waals surface area contributed by atoms with Gasteiger partial charge >= 0.3 is 10.1 Å². The molecule has 0 spiro atoms. The average Bonchev–Trinajstić information content (AvgIpc) is 3.24. The molecule has 2 aromatic heterocycles. The topological polar surface area (TPSA) is 103 Å². The summed E-state index contributed by atoms with van der Waals surface area (Å²) < 4.78 is 36.2. The second kappa shape index (κ2) is 11.6. The summed E-state index contributed by atoms with van der Waals surface area (Å²) in [6, 6.07) is 5.11. The van der Waals surface area contributed by atoms with Gasteiger partial charge in [-0.05, 0) is 35.6 Å². The average molecular weight is 497 g/mol. The first-order valence-corrected chi connectivity index (χ1v) is 12.9. The van der Waals surface area contributed by atoms with Crippen LogP contribution in [-0.4, -0.2) is 43.6 Å². The minimum Gasteiger partial charge on any atom is -0.384 e. The lowest BCUT2D eigenvalue weighted by Gasteiger charge is -2.10. The first kappa shape index (κ1) is 24.4. The number of hydrogen-bond acceptors (Lipinski definition) is 9. The number of aromatic nitrogens is 3. The third-order valence-corrected chi connectivity index (χ3v) is 7.08. The van der Waals surface area contributed by atoms with E-state index in [4.69, 9.17) is 20.5 Å². The fourth-order valence-electron chi connectivity index (χ4n) is 2.83. The summed E-state index contributed by atoms with van der Waals surface area (Å²) in [7, 11) is -2.48. The number of nitrogens with one attached hydrogen (secondary N) is 1. The Kier molecular flexibility index (Phi) is 8.80. The molecule has 0 radical (unpaired) electrons. The van der Waals surface area contributed by atoms with Gasteiger partial charge in [0.05, 0.1) is 12.3 Å². The maximum atomic E-state index is 12.9. The number of thiazole rings is 1. The largest absolute Gasteiger partial charge is 0.384 e. The third-order valence-electron chi connectivity index (χ3n) is 4.63. The van der Waals surface area contributed by atoms with Gasteiger partial charge < -0.3 is 14.2 Å². The number of ether oxygens (including phenoxy) is 1. The number of alkyl halides is 1. The summed E-state index contributed by atoms with van der Waals surface area (Å²) in [5.41, 5.74) is 3.08. The van der Waals surface area contributed by atoms with Crippen LogP contribution in [0, 0.1) is 0 Å². The van der Waals surface area contributed by atoms with Gasteiger partial charge in [0.2, 0.25) is 5.95 Å². The standard InChI is InChI=1S/C21H25ClN4O4S2/c1-3-15-12-24-20(25-13-15)23-8-6-18-14-31-21(26-18)30-32(27,28)19-10-16(7-9-29-2)4-5-17(19)11-22/h4-5,10,12-14H,3,6-9,11H2,1-2H3,(H,23,24,25). The SMILES string of the molecule is CCc1cnc(NCCc2csc(OS(=O)(=O)c3cc(CCOC)ccc3CCl)n2)nc1. The van der Waals surface area contributed by atoms with E-state index < -0.39 is 10.1 Å². The monoisotopic (exact) mass is 496 g/mol. The van der Waals surface area contributed by atoms with Gasteiger partial charge in [-0.25, -0.2) is 15.0 Å². The molecular weight excluding hydrogens is 472 g/mol. The van der Waals surface area contributed by atoms with E-state index in [9.17, 15) is 8.42 Å². The maximum absolute atomic E-state index is 12.9. The Balaban J connectivity index is 1.63. The molecule has 0 aliphatic rings. The van der Waals surface area contributed by atoms with Crippen molar-refractivity contribution >= 4 is 39.0 Å². The highest BCUT2D eigenvalue weighted by atomic mass is 35.5. The van der Waals surface area contributed by atoms with E-state index in [1.54, 1.807) is 37.0 Å². The maximum Gasteiger partial charge on any atom is 0.341 e. The van der Waals surface area contributed by atoms with Gasteiger partial charge in [-0.3, -0.25) is 0 Å². The number of methoxy groups -OCH3 is 1. The number of hydrogen-bond donors (Lipinski definition) is 1. The number of rotatable bonds is 12. The fraction of sp³-hybridized carbons (Fsp3) is 0.381. The number of halogens is 1. The molecule has 172 valence electrons. The van der Waals surface area contributed by atoms with Crippen LogP contribution in [0.15, 0.2) is 40.9 Å². The molecule has 0 aliphatic carbocycles. The zero-order chi connectivity index (χ0) is 23.0. The molecule has 0 amide bonds. The van der Waals surface area contributed by atoms with Crippen molar-refractivity contribution in [2.24, 2.45) is 0 Å². The Hall–Kier alpha value is -2.27. The molecule has 0 aliphatic heterocycles. The smallest absolute Gasteiger partial charge is 0.341 e. The number of aryl methyl sites for hydroxylation is 1. The van der Waals surface area contributed by atoms with E-state index in [0.717, 1.165) is 28.9 Å². The normalized spacial score (nSPS) is 11.5. The highest BCUT2D eigenvalue weighted by molar-refractivity contribution is 7.87. The number of anilines is 1. The minimum absolute atomic E-state index is 0.0483. The first-order chi connectivity index (χ1) is 15.4.